The van der Waals surface area contributed by atoms with Crippen LogP contribution in [0.5, 0.6) is 0 Å². The molecule has 0 atom stereocenters. The van der Waals surface area contributed by atoms with Gasteiger partial charge in [0.25, 0.3) is 0 Å². The van der Waals surface area contributed by atoms with Crippen molar-refractivity contribution in [2.24, 2.45) is 0 Å². The van der Waals surface area contributed by atoms with Gasteiger partial charge in [-0.15, -0.1) is 0 Å². The van der Waals surface area contributed by atoms with Crippen LogP contribution in [0.2, 0.25) is 0 Å². The highest BCUT2D eigenvalue weighted by molar-refractivity contribution is 6.25. The van der Waals surface area contributed by atoms with Gasteiger partial charge in [-0.25, -0.2) is 4.52 Å². The number of aromatic amines is 1. The number of hydrogen-bond donors (Lipinski definition) is 1. The topological polar surface area (TPSA) is 46.0 Å². The maximum atomic E-state index is 4.41. The first-order valence-electron chi connectivity index (χ1n) is 5.87. The normalized spacial score (nSPS) is 12.4. The standard InChI is InChI=1S/C14H8N4/c1-2-8-11-4-5-16-18(11)12-7-15-6-10-14(12)13(8)9(3-1)17-10/h1-7,17H. The monoisotopic (exact) mass is 232 g/mol. The summed E-state index contributed by atoms with van der Waals surface area (Å²) in [6.07, 6.45) is 5.59. The van der Waals surface area contributed by atoms with Crippen LogP contribution in [0.3, 0.4) is 0 Å². The van der Waals surface area contributed by atoms with Crippen molar-refractivity contribution >= 4 is 38.2 Å². The maximum absolute atomic E-state index is 4.41. The minimum absolute atomic E-state index is 1.05. The predicted octanol–water partition coefficient (Wildman–Crippen LogP) is 2.95. The SMILES string of the molecule is c1cc2[nH]c3cncc4c3c2c(c1)c1ccnn14. The number of hydrogen-bond acceptors (Lipinski definition) is 2. The van der Waals surface area contributed by atoms with Gasteiger partial charge in [0.2, 0.25) is 0 Å². The van der Waals surface area contributed by atoms with E-state index in [9.17, 15) is 0 Å². The van der Waals surface area contributed by atoms with Crippen LogP contribution in [-0.4, -0.2) is 19.6 Å². The molecule has 0 aliphatic carbocycles. The zero-order valence-electron chi connectivity index (χ0n) is 9.38. The van der Waals surface area contributed by atoms with Crippen LogP contribution in [0.25, 0.3) is 38.2 Å². The van der Waals surface area contributed by atoms with Crippen LogP contribution in [0.4, 0.5) is 0 Å². The Morgan fingerprint density at radius 2 is 1.94 bits per heavy atom. The molecule has 4 heteroatoms. The fourth-order valence-corrected chi connectivity index (χ4v) is 2.95. The highest BCUT2D eigenvalue weighted by Gasteiger charge is 2.15. The average molecular weight is 232 g/mol. The second-order valence-corrected chi connectivity index (χ2v) is 4.56. The van der Waals surface area contributed by atoms with Gasteiger partial charge in [0.15, 0.2) is 0 Å². The summed E-state index contributed by atoms with van der Waals surface area (Å²) in [7, 11) is 0. The fourth-order valence-electron chi connectivity index (χ4n) is 2.95. The first-order valence-corrected chi connectivity index (χ1v) is 5.87. The van der Waals surface area contributed by atoms with Gasteiger partial charge in [-0.3, -0.25) is 4.98 Å². The van der Waals surface area contributed by atoms with E-state index in [2.05, 4.69) is 33.3 Å². The zero-order valence-corrected chi connectivity index (χ0v) is 9.38. The lowest BCUT2D eigenvalue weighted by Crippen LogP contribution is -1.92. The van der Waals surface area contributed by atoms with Crippen molar-refractivity contribution in [2.75, 3.05) is 0 Å². The van der Waals surface area contributed by atoms with E-state index in [0.29, 0.717) is 0 Å². The Balaban J connectivity index is 2.38. The fraction of sp³-hybridized carbons (Fsp3) is 0. The van der Waals surface area contributed by atoms with E-state index >= 15 is 0 Å². The van der Waals surface area contributed by atoms with Crippen molar-refractivity contribution < 1.29 is 0 Å². The second kappa shape index (κ2) is 2.61. The summed E-state index contributed by atoms with van der Waals surface area (Å²) < 4.78 is 1.96. The molecule has 0 unspecified atom stereocenters. The molecular weight excluding hydrogens is 224 g/mol. The molecule has 5 aromatic rings. The third kappa shape index (κ3) is 0.777. The van der Waals surface area contributed by atoms with Crippen LogP contribution in [0.1, 0.15) is 0 Å². The number of pyridine rings is 2. The summed E-state index contributed by atoms with van der Waals surface area (Å²) in [6, 6.07) is 8.37. The lowest BCUT2D eigenvalue weighted by atomic mass is 10.1. The molecular formula is C14H8N4. The van der Waals surface area contributed by atoms with Crippen LogP contribution >= 0.6 is 0 Å². The Bertz CT molecular complexity index is 942. The van der Waals surface area contributed by atoms with Crippen LogP contribution < -0.4 is 0 Å². The quantitative estimate of drug-likeness (QED) is 0.417. The van der Waals surface area contributed by atoms with E-state index in [1.54, 1.807) is 0 Å². The molecule has 4 heterocycles. The Morgan fingerprint density at radius 3 is 2.94 bits per heavy atom. The number of nitrogens with one attached hydrogen (secondary N) is 1. The van der Waals surface area contributed by atoms with E-state index in [-0.39, 0.29) is 0 Å². The highest BCUT2D eigenvalue weighted by atomic mass is 15.2. The third-order valence-corrected chi connectivity index (χ3v) is 3.66. The van der Waals surface area contributed by atoms with E-state index in [1.807, 2.05) is 29.2 Å². The minimum atomic E-state index is 1.05. The highest BCUT2D eigenvalue weighted by Crippen LogP contribution is 2.35. The number of rotatable bonds is 0. The molecule has 0 saturated carbocycles. The summed E-state index contributed by atoms with van der Waals surface area (Å²) in [5.74, 6) is 0. The Kier molecular flexibility index (Phi) is 1.23. The Labute approximate surface area is 101 Å². The van der Waals surface area contributed by atoms with Gasteiger partial charge in [-0.05, 0) is 12.1 Å². The molecule has 0 radical (unpaired) electrons. The summed E-state index contributed by atoms with van der Waals surface area (Å²) >= 11 is 0. The number of nitrogens with zero attached hydrogens (tertiary/aromatic N) is 3. The number of benzene rings is 1. The van der Waals surface area contributed by atoms with Crippen molar-refractivity contribution in [2.45, 2.75) is 0 Å². The average Bonchev–Trinajstić information content (AvgIpc) is 3.02. The molecule has 18 heavy (non-hydrogen) atoms. The molecule has 4 nitrogen and oxygen atoms in total. The Morgan fingerprint density at radius 1 is 0.944 bits per heavy atom. The maximum Gasteiger partial charge on any atom is 0.0936 e. The number of aromatic nitrogens is 4. The van der Waals surface area contributed by atoms with Crippen LogP contribution in [0, 0.1) is 0 Å². The molecule has 1 N–H and O–H groups in total. The molecule has 0 amide bonds. The Hall–Kier alpha value is -2.62. The summed E-state index contributed by atoms with van der Waals surface area (Å²) in [6.45, 7) is 0. The molecule has 4 aromatic heterocycles. The molecule has 1 aromatic carbocycles. The van der Waals surface area contributed by atoms with Gasteiger partial charge in [-0.2, -0.15) is 5.10 Å². The number of fused-ring (bicyclic) bond motifs is 3. The van der Waals surface area contributed by atoms with Gasteiger partial charge >= 0.3 is 0 Å². The van der Waals surface area contributed by atoms with Gasteiger partial charge in [0.1, 0.15) is 0 Å². The summed E-state index contributed by atoms with van der Waals surface area (Å²) in [5, 5.41) is 8.13. The zero-order chi connectivity index (χ0) is 11.7. The smallest absolute Gasteiger partial charge is 0.0936 e. The number of H-pyrrole nitrogens is 1. The summed E-state index contributed by atoms with van der Waals surface area (Å²) in [5.41, 5.74) is 4.40. The first-order chi connectivity index (χ1) is 8.93. The second-order valence-electron chi connectivity index (χ2n) is 4.56. The van der Waals surface area contributed by atoms with E-state index in [1.165, 1.54) is 16.2 Å². The largest absolute Gasteiger partial charge is 0.353 e. The van der Waals surface area contributed by atoms with Crippen molar-refractivity contribution in [1.82, 2.24) is 19.6 Å². The predicted molar refractivity (Wildman–Crippen MR) is 71.0 cm³/mol. The van der Waals surface area contributed by atoms with E-state index in [0.717, 1.165) is 22.1 Å². The van der Waals surface area contributed by atoms with Crippen molar-refractivity contribution in [3.8, 4) is 0 Å². The molecule has 0 fully saturated rings. The van der Waals surface area contributed by atoms with Gasteiger partial charge < -0.3 is 4.98 Å². The van der Waals surface area contributed by atoms with E-state index < -0.39 is 0 Å². The van der Waals surface area contributed by atoms with Crippen molar-refractivity contribution in [1.29, 1.82) is 0 Å². The molecule has 0 aliphatic heterocycles. The van der Waals surface area contributed by atoms with E-state index in [4.69, 9.17) is 0 Å². The molecule has 0 aliphatic rings. The lowest BCUT2D eigenvalue weighted by Gasteiger charge is -2.05. The van der Waals surface area contributed by atoms with Crippen LogP contribution in [0.15, 0.2) is 42.9 Å². The van der Waals surface area contributed by atoms with Crippen molar-refractivity contribution in [3.05, 3.63) is 42.9 Å². The van der Waals surface area contributed by atoms with Gasteiger partial charge in [0.05, 0.1) is 35.1 Å². The third-order valence-electron chi connectivity index (χ3n) is 3.66. The lowest BCUT2D eigenvalue weighted by molar-refractivity contribution is 1.00. The molecule has 0 spiro atoms. The molecule has 84 valence electrons. The minimum Gasteiger partial charge on any atom is -0.353 e. The van der Waals surface area contributed by atoms with Crippen LogP contribution in [-0.2, 0) is 0 Å². The molecule has 0 saturated heterocycles. The molecule has 0 bridgehead atoms. The van der Waals surface area contributed by atoms with Gasteiger partial charge in [-0.1, -0.05) is 12.1 Å². The molecule has 5 rings (SSSR count). The summed E-state index contributed by atoms with van der Waals surface area (Å²) in [4.78, 5) is 7.72. The van der Waals surface area contributed by atoms with Crippen molar-refractivity contribution in [3.63, 3.8) is 0 Å². The first kappa shape index (κ1) is 8.47. The van der Waals surface area contributed by atoms with Gasteiger partial charge in [0, 0.05) is 21.7 Å².